The predicted molar refractivity (Wildman–Crippen MR) is 123 cm³/mol. The zero-order valence-electron chi connectivity index (χ0n) is 15.9. The fraction of sp³-hybridized carbons (Fsp3) is 0. The third-order valence-corrected chi connectivity index (χ3v) is 5.41. The number of benzene rings is 5. The van der Waals surface area contributed by atoms with Gasteiger partial charge in [-0.1, -0.05) is 48.5 Å². The van der Waals surface area contributed by atoms with E-state index < -0.39 is 0 Å². The van der Waals surface area contributed by atoms with E-state index in [1.54, 1.807) is 24.3 Å². The summed E-state index contributed by atoms with van der Waals surface area (Å²) in [6.45, 7) is 0. The van der Waals surface area contributed by atoms with E-state index in [2.05, 4.69) is 58.9 Å². The van der Waals surface area contributed by atoms with Crippen LogP contribution in [0.5, 0.6) is 0 Å². The molecule has 30 heavy (non-hydrogen) atoms. The van der Waals surface area contributed by atoms with Crippen LogP contribution in [0.2, 0.25) is 0 Å². The summed E-state index contributed by atoms with van der Waals surface area (Å²) in [6.07, 6.45) is 0. The van der Waals surface area contributed by atoms with E-state index in [0.29, 0.717) is 11.4 Å². The molecule has 0 aliphatic rings. The lowest BCUT2D eigenvalue weighted by Crippen LogP contribution is -1.82. The molecular weight excluding hydrogens is 372 g/mol. The molecule has 0 bridgehead atoms. The predicted octanol–water partition coefficient (Wildman–Crippen LogP) is 8.12. The molecule has 0 unspecified atom stereocenters. The largest absolute Gasteiger partial charge is 0.145 e. The normalized spacial score (nSPS) is 10.9. The summed E-state index contributed by atoms with van der Waals surface area (Å²) in [6, 6.07) is 31.7. The first-order valence-electron chi connectivity index (χ1n) is 9.59. The Morgan fingerprint density at radius 1 is 0.367 bits per heavy atom. The van der Waals surface area contributed by atoms with Crippen molar-refractivity contribution in [3.05, 3.63) is 107 Å². The van der Waals surface area contributed by atoms with Gasteiger partial charge >= 0.3 is 0 Å². The van der Waals surface area contributed by atoms with Gasteiger partial charge in [0.05, 0.1) is 0 Å². The third-order valence-electron chi connectivity index (χ3n) is 5.41. The van der Waals surface area contributed by atoms with Crippen LogP contribution >= 0.6 is 0 Å². The molecule has 0 fully saturated rings. The highest BCUT2D eigenvalue weighted by Gasteiger charge is 2.05. The van der Waals surface area contributed by atoms with Gasteiger partial charge in [-0.15, -0.1) is 9.81 Å². The number of nitroso groups, excluding NO2 is 2. The SMILES string of the molecule is O=Nc1ccc(-c2ccc3cc4cc(-c5ccc(N=O)cc5)ccc4cc3c2)cc1. The maximum absolute atomic E-state index is 10.6. The molecule has 5 aromatic rings. The fourth-order valence-corrected chi connectivity index (χ4v) is 3.79. The Morgan fingerprint density at radius 2 is 0.733 bits per heavy atom. The molecule has 4 heteroatoms. The van der Waals surface area contributed by atoms with Gasteiger partial charge in [0, 0.05) is 0 Å². The lowest BCUT2D eigenvalue weighted by molar-refractivity contribution is 1.49. The number of hydrogen-bond acceptors (Lipinski definition) is 4. The molecule has 0 radical (unpaired) electrons. The molecule has 0 amide bonds. The molecule has 0 aromatic heterocycles. The van der Waals surface area contributed by atoms with Gasteiger partial charge in [0.1, 0.15) is 11.4 Å². The standard InChI is InChI=1S/C26H16N2O2/c29-27-25-9-5-17(6-10-25)19-1-3-21-15-24-14-20(2-4-22(24)16-23(21)13-19)18-7-11-26(28-30)12-8-18/h1-16H. The maximum Gasteiger partial charge on any atom is 0.108 e. The van der Waals surface area contributed by atoms with Crippen molar-refractivity contribution in [3.8, 4) is 22.3 Å². The molecule has 5 aromatic carbocycles. The molecule has 0 N–H and O–H groups in total. The minimum Gasteiger partial charge on any atom is -0.145 e. The van der Waals surface area contributed by atoms with Crippen LogP contribution in [-0.4, -0.2) is 0 Å². The van der Waals surface area contributed by atoms with Crippen molar-refractivity contribution in [3.63, 3.8) is 0 Å². The molecule has 4 nitrogen and oxygen atoms in total. The van der Waals surface area contributed by atoms with Gasteiger partial charge in [0.25, 0.3) is 0 Å². The lowest BCUT2D eigenvalue weighted by Gasteiger charge is -2.08. The van der Waals surface area contributed by atoms with Gasteiger partial charge in [-0.3, -0.25) is 0 Å². The number of fused-ring (bicyclic) bond motifs is 2. The second-order valence-corrected chi connectivity index (χ2v) is 7.25. The Labute approximate surface area is 172 Å². The summed E-state index contributed by atoms with van der Waals surface area (Å²) < 4.78 is 0. The van der Waals surface area contributed by atoms with Crippen LogP contribution in [0.1, 0.15) is 0 Å². The molecule has 0 atom stereocenters. The fourth-order valence-electron chi connectivity index (χ4n) is 3.79. The second kappa shape index (κ2) is 7.33. The van der Waals surface area contributed by atoms with Crippen LogP contribution in [0.3, 0.4) is 0 Å². The first-order chi connectivity index (χ1) is 14.7. The van der Waals surface area contributed by atoms with Crippen molar-refractivity contribution in [2.75, 3.05) is 0 Å². The Morgan fingerprint density at radius 3 is 1.10 bits per heavy atom. The van der Waals surface area contributed by atoms with Crippen LogP contribution in [0.4, 0.5) is 11.4 Å². The topological polar surface area (TPSA) is 58.9 Å². The second-order valence-electron chi connectivity index (χ2n) is 7.25. The molecule has 0 saturated heterocycles. The third kappa shape index (κ3) is 3.25. The van der Waals surface area contributed by atoms with Gasteiger partial charge in [0.2, 0.25) is 0 Å². The molecule has 0 aliphatic heterocycles. The van der Waals surface area contributed by atoms with Crippen molar-refractivity contribution in [1.82, 2.24) is 0 Å². The maximum atomic E-state index is 10.6. The smallest absolute Gasteiger partial charge is 0.108 e. The van der Waals surface area contributed by atoms with E-state index in [1.807, 2.05) is 24.3 Å². The summed E-state index contributed by atoms with van der Waals surface area (Å²) >= 11 is 0. The molecule has 0 heterocycles. The van der Waals surface area contributed by atoms with Gasteiger partial charge in [-0.2, -0.15) is 0 Å². The monoisotopic (exact) mass is 388 g/mol. The first kappa shape index (κ1) is 17.9. The molecule has 0 saturated carbocycles. The molecule has 5 rings (SSSR count). The van der Waals surface area contributed by atoms with E-state index in [4.69, 9.17) is 0 Å². The van der Waals surface area contributed by atoms with Gasteiger partial charge < -0.3 is 0 Å². The molecule has 0 aliphatic carbocycles. The quantitative estimate of drug-likeness (QED) is 0.230. The highest BCUT2D eigenvalue weighted by atomic mass is 16.3. The van der Waals surface area contributed by atoms with Gasteiger partial charge in [-0.05, 0) is 103 Å². The average Bonchev–Trinajstić information content (AvgIpc) is 2.82. The summed E-state index contributed by atoms with van der Waals surface area (Å²) in [5, 5.41) is 10.6. The van der Waals surface area contributed by atoms with Crippen molar-refractivity contribution in [2.24, 2.45) is 10.4 Å². The van der Waals surface area contributed by atoms with Gasteiger partial charge in [0.15, 0.2) is 0 Å². The highest BCUT2D eigenvalue weighted by molar-refractivity contribution is 6.01. The van der Waals surface area contributed by atoms with Crippen LogP contribution in [0.25, 0.3) is 43.8 Å². The Kier molecular flexibility index (Phi) is 4.37. The van der Waals surface area contributed by atoms with Crippen LogP contribution in [0, 0.1) is 9.81 Å². The summed E-state index contributed by atoms with van der Waals surface area (Å²) in [4.78, 5) is 21.3. The Balaban J connectivity index is 1.56. The van der Waals surface area contributed by atoms with Crippen LogP contribution < -0.4 is 0 Å². The minimum atomic E-state index is 0.429. The lowest BCUT2D eigenvalue weighted by atomic mass is 9.96. The Hall–Kier alpha value is -4.18. The Bertz CT molecular complexity index is 1290. The van der Waals surface area contributed by atoms with E-state index in [0.717, 1.165) is 43.8 Å². The van der Waals surface area contributed by atoms with E-state index in [-0.39, 0.29) is 0 Å². The molecular formula is C26H16N2O2. The average molecular weight is 388 g/mol. The summed E-state index contributed by atoms with van der Waals surface area (Å²) in [5.41, 5.74) is 5.15. The zero-order valence-corrected chi connectivity index (χ0v) is 15.9. The van der Waals surface area contributed by atoms with Gasteiger partial charge in [-0.25, -0.2) is 0 Å². The number of hydrogen-bond donors (Lipinski definition) is 0. The van der Waals surface area contributed by atoms with Crippen LogP contribution in [0.15, 0.2) is 107 Å². The summed E-state index contributed by atoms with van der Waals surface area (Å²) in [7, 11) is 0. The van der Waals surface area contributed by atoms with Crippen molar-refractivity contribution in [1.29, 1.82) is 0 Å². The number of nitrogens with zero attached hydrogens (tertiary/aromatic N) is 2. The van der Waals surface area contributed by atoms with E-state index in [1.165, 1.54) is 0 Å². The minimum absolute atomic E-state index is 0.429. The van der Waals surface area contributed by atoms with Crippen LogP contribution in [-0.2, 0) is 0 Å². The van der Waals surface area contributed by atoms with Crippen molar-refractivity contribution in [2.45, 2.75) is 0 Å². The highest BCUT2D eigenvalue weighted by Crippen LogP contribution is 2.31. The molecule has 142 valence electrons. The van der Waals surface area contributed by atoms with E-state index in [9.17, 15) is 9.81 Å². The summed E-state index contributed by atoms with van der Waals surface area (Å²) in [5.74, 6) is 0. The number of rotatable bonds is 4. The van der Waals surface area contributed by atoms with E-state index >= 15 is 0 Å². The van der Waals surface area contributed by atoms with Crippen molar-refractivity contribution < 1.29 is 0 Å². The zero-order chi connectivity index (χ0) is 20.5. The first-order valence-corrected chi connectivity index (χ1v) is 9.59. The van der Waals surface area contributed by atoms with Crippen molar-refractivity contribution >= 4 is 32.9 Å². The molecule has 0 spiro atoms.